The minimum absolute atomic E-state index is 0.0501. The van der Waals surface area contributed by atoms with E-state index in [1.807, 2.05) is 18.2 Å². The predicted octanol–water partition coefficient (Wildman–Crippen LogP) is 2.25. The Morgan fingerprint density at radius 3 is 2.90 bits per heavy atom. The molecule has 0 aliphatic carbocycles. The van der Waals surface area contributed by atoms with Crippen molar-refractivity contribution >= 4 is 11.7 Å². The van der Waals surface area contributed by atoms with Gasteiger partial charge in [0.05, 0.1) is 5.56 Å². The third-order valence-electron chi connectivity index (χ3n) is 5.62. The van der Waals surface area contributed by atoms with Gasteiger partial charge in [0.15, 0.2) is 11.5 Å². The zero-order chi connectivity index (χ0) is 20.2. The van der Waals surface area contributed by atoms with Crippen molar-refractivity contribution in [2.45, 2.75) is 25.9 Å². The van der Waals surface area contributed by atoms with E-state index in [9.17, 15) is 4.79 Å². The van der Waals surface area contributed by atoms with Gasteiger partial charge in [0, 0.05) is 19.3 Å². The fourth-order valence-corrected chi connectivity index (χ4v) is 3.92. The van der Waals surface area contributed by atoms with Crippen molar-refractivity contribution in [2.24, 2.45) is 5.92 Å². The van der Waals surface area contributed by atoms with Gasteiger partial charge in [0.25, 0.3) is 5.91 Å². The van der Waals surface area contributed by atoms with Crippen LogP contribution >= 0.6 is 0 Å². The first-order chi connectivity index (χ1) is 14.1. The minimum atomic E-state index is -0.153. The molecule has 3 N–H and O–H groups in total. The van der Waals surface area contributed by atoms with E-state index in [1.165, 1.54) is 5.56 Å². The first-order valence-electron chi connectivity index (χ1n) is 10.2. The van der Waals surface area contributed by atoms with Crippen LogP contribution in [0.2, 0.25) is 0 Å². The molecule has 0 spiro atoms. The Kier molecular flexibility index (Phi) is 5.85. The Morgan fingerprint density at radius 2 is 2.10 bits per heavy atom. The van der Waals surface area contributed by atoms with Gasteiger partial charge in [-0.2, -0.15) is 0 Å². The molecule has 2 aliphatic heterocycles. The molecule has 0 bridgehead atoms. The number of piperidine rings is 1. The number of hydrogen-bond donors (Lipinski definition) is 2. The molecule has 0 radical (unpaired) electrons. The van der Waals surface area contributed by atoms with Gasteiger partial charge in [-0.1, -0.05) is 6.07 Å². The van der Waals surface area contributed by atoms with E-state index in [4.69, 9.17) is 15.2 Å². The molecule has 2 aliphatic rings. The summed E-state index contributed by atoms with van der Waals surface area (Å²) in [6, 6.07) is 9.46. The van der Waals surface area contributed by atoms with Gasteiger partial charge < -0.3 is 20.5 Å². The summed E-state index contributed by atoms with van der Waals surface area (Å²) in [6.45, 7) is 6.15. The molecule has 0 unspecified atom stereocenters. The number of hydrogen-bond acceptors (Lipinski definition) is 6. The molecular weight excluding hydrogens is 368 g/mol. The number of anilines is 1. The number of likely N-dealkylation sites (tertiary alicyclic amines) is 1. The zero-order valence-corrected chi connectivity index (χ0v) is 16.8. The highest BCUT2D eigenvalue weighted by molar-refractivity contribution is 5.98. The maximum atomic E-state index is 12.3. The molecule has 1 aromatic heterocycles. The van der Waals surface area contributed by atoms with Crippen LogP contribution in [-0.2, 0) is 0 Å². The number of aromatic nitrogens is 1. The lowest BCUT2D eigenvalue weighted by molar-refractivity contribution is 0.0476. The topological polar surface area (TPSA) is 89.7 Å². The summed E-state index contributed by atoms with van der Waals surface area (Å²) in [4.78, 5) is 18.7. The summed E-state index contributed by atoms with van der Waals surface area (Å²) in [7, 11) is 0. The van der Waals surface area contributed by atoms with Gasteiger partial charge >= 0.3 is 0 Å². The lowest BCUT2D eigenvalue weighted by atomic mass is 9.96. The van der Waals surface area contributed by atoms with Gasteiger partial charge in [0.2, 0.25) is 0 Å². The number of amides is 1. The second-order valence-electron chi connectivity index (χ2n) is 7.89. The Hall–Kier alpha value is -2.80. The Labute approximate surface area is 171 Å². The maximum Gasteiger partial charge on any atom is 0.255 e. The van der Waals surface area contributed by atoms with E-state index in [2.05, 4.69) is 22.1 Å². The third kappa shape index (κ3) is 4.79. The monoisotopic (exact) mass is 396 g/mol. The molecule has 1 aromatic carbocycles. The minimum Gasteiger partial charge on any atom is -0.486 e. The molecule has 7 heteroatoms. The molecule has 3 heterocycles. The van der Waals surface area contributed by atoms with E-state index >= 15 is 0 Å². The van der Waals surface area contributed by atoms with Crippen LogP contribution in [0.1, 0.15) is 28.8 Å². The lowest BCUT2D eigenvalue weighted by Gasteiger charge is -2.35. The molecule has 2 aromatic rings. The Morgan fingerprint density at radius 1 is 1.28 bits per heavy atom. The average molecular weight is 396 g/mol. The second kappa shape index (κ2) is 8.69. The number of nitrogens with two attached hydrogens (primary N) is 1. The smallest absolute Gasteiger partial charge is 0.255 e. The summed E-state index contributed by atoms with van der Waals surface area (Å²) in [5.74, 6) is 2.26. The van der Waals surface area contributed by atoms with Crippen LogP contribution in [0.4, 0.5) is 5.82 Å². The van der Waals surface area contributed by atoms with Crippen LogP contribution in [0.25, 0.3) is 0 Å². The highest BCUT2D eigenvalue weighted by Crippen LogP contribution is 2.32. The number of nitrogens with one attached hydrogen (secondary N) is 1. The van der Waals surface area contributed by atoms with Crippen molar-refractivity contribution < 1.29 is 14.3 Å². The van der Waals surface area contributed by atoms with Crippen LogP contribution < -0.4 is 20.5 Å². The number of ether oxygens (including phenoxy) is 2. The van der Waals surface area contributed by atoms with E-state index in [1.54, 1.807) is 18.3 Å². The number of carbonyl (C=O) groups excluding carboxylic acids is 1. The molecule has 7 nitrogen and oxygen atoms in total. The summed E-state index contributed by atoms with van der Waals surface area (Å²) < 4.78 is 12.0. The number of nitrogens with zero attached hydrogens (tertiary/aromatic N) is 2. The number of benzene rings is 1. The van der Waals surface area contributed by atoms with Crippen LogP contribution in [0.3, 0.4) is 0 Å². The Bertz CT molecular complexity index is 865. The van der Waals surface area contributed by atoms with Gasteiger partial charge in [0.1, 0.15) is 18.5 Å². The van der Waals surface area contributed by atoms with Crippen LogP contribution in [-0.4, -0.2) is 54.7 Å². The predicted molar refractivity (Wildman–Crippen MR) is 111 cm³/mol. The molecule has 1 amide bonds. The highest BCUT2D eigenvalue weighted by Gasteiger charge is 2.26. The molecule has 154 valence electrons. The van der Waals surface area contributed by atoms with Crippen molar-refractivity contribution in [3.8, 4) is 11.5 Å². The molecular formula is C22H28N4O3. The van der Waals surface area contributed by atoms with E-state index in [-0.39, 0.29) is 17.8 Å². The summed E-state index contributed by atoms with van der Waals surface area (Å²) in [5, 5.41) is 3.00. The van der Waals surface area contributed by atoms with Crippen molar-refractivity contribution in [3.05, 3.63) is 47.7 Å². The van der Waals surface area contributed by atoms with Crippen molar-refractivity contribution in [1.29, 1.82) is 0 Å². The van der Waals surface area contributed by atoms with Crippen molar-refractivity contribution in [1.82, 2.24) is 15.2 Å². The van der Waals surface area contributed by atoms with E-state index in [0.29, 0.717) is 24.6 Å². The number of rotatable bonds is 5. The number of nitrogen functional groups attached to an aromatic ring is 1. The first-order valence-corrected chi connectivity index (χ1v) is 10.2. The first kappa shape index (κ1) is 19.5. The number of carbonyl (C=O) groups is 1. The Balaban J connectivity index is 1.21. The van der Waals surface area contributed by atoms with Gasteiger partial charge in [-0.25, -0.2) is 4.98 Å². The molecule has 4 rings (SSSR count). The largest absolute Gasteiger partial charge is 0.486 e. The van der Waals surface area contributed by atoms with Crippen molar-refractivity contribution in [3.63, 3.8) is 0 Å². The fraction of sp³-hybridized carbons (Fsp3) is 0.455. The SMILES string of the molecule is Cc1ccc2c(c1)O[C@@H](CN1CCC(CNC(=O)c3cccnc3N)CC1)CO2. The van der Waals surface area contributed by atoms with Crippen LogP contribution in [0.15, 0.2) is 36.5 Å². The summed E-state index contributed by atoms with van der Waals surface area (Å²) in [6.07, 6.45) is 3.73. The standard InChI is InChI=1S/C22H28N4O3/c1-15-4-5-19-20(11-15)29-17(14-28-19)13-26-9-6-16(7-10-26)12-25-22(27)18-3-2-8-24-21(18)23/h2-5,8,11,16-17H,6-7,9-10,12-14H2,1H3,(H2,23,24)(H,25,27)/t17-/m0/s1. The van der Waals surface area contributed by atoms with Gasteiger partial charge in [-0.15, -0.1) is 0 Å². The van der Waals surface area contributed by atoms with E-state index < -0.39 is 0 Å². The average Bonchev–Trinajstić information content (AvgIpc) is 2.73. The molecule has 1 atom stereocenters. The fourth-order valence-electron chi connectivity index (χ4n) is 3.92. The second-order valence-corrected chi connectivity index (χ2v) is 7.89. The molecule has 1 saturated heterocycles. The van der Waals surface area contributed by atoms with E-state index in [0.717, 1.165) is 44.0 Å². The maximum absolute atomic E-state index is 12.3. The van der Waals surface area contributed by atoms with Gasteiger partial charge in [-0.3, -0.25) is 9.69 Å². The molecule has 0 saturated carbocycles. The van der Waals surface area contributed by atoms with Crippen LogP contribution in [0, 0.1) is 12.8 Å². The quantitative estimate of drug-likeness (QED) is 0.806. The summed E-state index contributed by atoms with van der Waals surface area (Å²) >= 11 is 0. The third-order valence-corrected chi connectivity index (χ3v) is 5.62. The number of pyridine rings is 1. The number of aryl methyl sites for hydroxylation is 1. The van der Waals surface area contributed by atoms with Crippen molar-refractivity contribution in [2.75, 3.05) is 38.5 Å². The lowest BCUT2D eigenvalue weighted by Crippen LogP contribution is -2.45. The van der Waals surface area contributed by atoms with Crippen LogP contribution in [0.5, 0.6) is 11.5 Å². The number of fused-ring (bicyclic) bond motifs is 1. The normalized spacial score (nSPS) is 19.7. The highest BCUT2D eigenvalue weighted by atomic mass is 16.6. The molecule has 1 fully saturated rings. The summed E-state index contributed by atoms with van der Waals surface area (Å²) in [5.41, 5.74) is 7.38. The zero-order valence-electron chi connectivity index (χ0n) is 16.8. The van der Waals surface area contributed by atoms with Gasteiger partial charge in [-0.05, 0) is 68.6 Å². The molecule has 29 heavy (non-hydrogen) atoms.